The first-order chi connectivity index (χ1) is 9.63. The van der Waals surface area contributed by atoms with E-state index in [1.54, 1.807) is 0 Å². The number of aryl methyl sites for hydroxylation is 1. The van der Waals surface area contributed by atoms with Crippen LogP contribution in [0.2, 0.25) is 5.02 Å². The molecule has 0 bridgehead atoms. The van der Waals surface area contributed by atoms with Gasteiger partial charge in [0.1, 0.15) is 5.82 Å². The van der Waals surface area contributed by atoms with Crippen molar-refractivity contribution in [2.24, 2.45) is 5.92 Å². The number of halogens is 2. The van der Waals surface area contributed by atoms with E-state index in [0.29, 0.717) is 11.8 Å². The molecule has 0 N–H and O–H groups in total. The molecule has 1 aromatic carbocycles. The Morgan fingerprint density at radius 1 is 1.35 bits per heavy atom. The molecule has 0 atom stereocenters. The molecular formula is C15H20Cl2N2O. The van der Waals surface area contributed by atoms with Gasteiger partial charge in [-0.3, -0.25) is 0 Å². The first kappa shape index (κ1) is 15.6. The van der Waals surface area contributed by atoms with Gasteiger partial charge in [-0.15, -0.1) is 11.6 Å². The van der Waals surface area contributed by atoms with E-state index in [4.69, 9.17) is 27.9 Å². The van der Waals surface area contributed by atoms with Crippen LogP contribution in [0.25, 0.3) is 11.0 Å². The fourth-order valence-electron chi connectivity index (χ4n) is 2.18. The van der Waals surface area contributed by atoms with Gasteiger partial charge in [-0.2, -0.15) is 0 Å². The zero-order valence-corrected chi connectivity index (χ0v) is 13.4. The lowest BCUT2D eigenvalue weighted by molar-refractivity contribution is 0.105. The summed E-state index contributed by atoms with van der Waals surface area (Å²) in [7, 11) is 0. The van der Waals surface area contributed by atoms with Crippen molar-refractivity contribution in [1.82, 2.24) is 9.55 Å². The quantitative estimate of drug-likeness (QED) is 0.556. The molecule has 3 nitrogen and oxygen atoms in total. The molecule has 0 fully saturated rings. The summed E-state index contributed by atoms with van der Waals surface area (Å²) in [5, 5.41) is 0.717. The van der Waals surface area contributed by atoms with Gasteiger partial charge in [-0.05, 0) is 24.5 Å². The Kier molecular flexibility index (Phi) is 5.70. The highest BCUT2D eigenvalue weighted by Crippen LogP contribution is 2.25. The lowest BCUT2D eigenvalue weighted by atomic mass is 10.2. The number of hydrogen-bond donors (Lipinski definition) is 0. The molecule has 110 valence electrons. The van der Waals surface area contributed by atoms with Gasteiger partial charge < -0.3 is 9.30 Å². The summed E-state index contributed by atoms with van der Waals surface area (Å²) >= 11 is 12.3. The third kappa shape index (κ3) is 3.66. The van der Waals surface area contributed by atoms with E-state index in [0.717, 1.165) is 48.1 Å². The second-order valence-electron chi connectivity index (χ2n) is 5.24. The molecule has 20 heavy (non-hydrogen) atoms. The maximum Gasteiger partial charge on any atom is 0.124 e. The topological polar surface area (TPSA) is 27.1 Å². The van der Waals surface area contributed by atoms with Crippen LogP contribution < -0.4 is 0 Å². The summed E-state index contributed by atoms with van der Waals surface area (Å²) in [5.74, 6) is 1.81. The molecule has 0 saturated heterocycles. The van der Waals surface area contributed by atoms with Gasteiger partial charge in [-0.25, -0.2) is 4.98 Å². The predicted molar refractivity (Wildman–Crippen MR) is 84.6 cm³/mol. The summed E-state index contributed by atoms with van der Waals surface area (Å²) in [6.07, 6.45) is 0.924. The lowest BCUT2D eigenvalue weighted by Gasteiger charge is -2.10. The first-order valence-corrected chi connectivity index (χ1v) is 7.82. The van der Waals surface area contributed by atoms with Crippen molar-refractivity contribution in [1.29, 1.82) is 0 Å². The summed E-state index contributed by atoms with van der Waals surface area (Å²) in [6.45, 7) is 6.65. The highest BCUT2D eigenvalue weighted by molar-refractivity contribution is 6.35. The van der Waals surface area contributed by atoms with E-state index in [1.807, 2.05) is 18.2 Å². The van der Waals surface area contributed by atoms with Crippen LogP contribution in [0.15, 0.2) is 18.2 Å². The molecule has 0 spiro atoms. The van der Waals surface area contributed by atoms with Gasteiger partial charge in [0.2, 0.25) is 0 Å². The van der Waals surface area contributed by atoms with Gasteiger partial charge in [0.05, 0.1) is 21.9 Å². The van der Waals surface area contributed by atoms with Gasteiger partial charge in [0, 0.05) is 19.8 Å². The smallest absolute Gasteiger partial charge is 0.124 e. The second-order valence-corrected chi connectivity index (χ2v) is 5.92. The molecule has 0 aliphatic carbocycles. The van der Waals surface area contributed by atoms with Crippen molar-refractivity contribution in [2.45, 2.75) is 32.7 Å². The van der Waals surface area contributed by atoms with E-state index in [2.05, 4.69) is 23.4 Å². The number of nitrogens with zero attached hydrogens (tertiary/aromatic N) is 2. The molecular weight excluding hydrogens is 295 g/mol. The van der Waals surface area contributed by atoms with Crippen LogP contribution in [0.3, 0.4) is 0 Å². The summed E-state index contributed by atoms with van der Waals surface area (Å²) in [6, 6.07) is 5.75. The fraction of sp³-hybridized carbons (Fsp3) is 0.533. The van der Waals surface area contributed by atoms with Crippen LogP contribution in [-0.4, -0.2) is 22.8 Å². The lowest BCUT2D eigenvalue weighted by Crippen LogP contribution is -2.08. The van der Waals surface area contributed by atoms with E-state index in [1.165, 1.54) is 0 Å². The predicted octanol–water partition coefficient (Wildman–Crippen LogP) is 4.49. The Morgan fingerprint density at radius 3 is 2.85 bits per heavy atom. The SMILES string of the molecule is CC(C)COCCCn1c(CCl)nc2cccc(Cl)c21. The van der Waals surface area contributed by atoms with Gasteiger partial charge >= 0.3 is 0 Å². The highest BCUT2D eigenvalue weighted by atomic mass is 35.5. The van der Waals surface area contributed by atoms with Crippen LogP contribution in [-0.2, 0) is 17.2 Å². The zero-order valence-electron chi connectivity index (χ0n) is 11.9. The largest absolute Gasteiger partial charge is 0.381 e. The summed E-state index contributed by atoms with van der Waals surface area (Å²) in [5.41, 5.74) is 1.87. The van der Waals surface area contributed by atoms with Crippen molar-refractivity contribution in [3.05, 3.63) is 29.0 Å². The standard InChI is InChI=1S/C15H20Cl2N2O/c1-11(2)10-20-8-4-7-19-14(9-16)18-13-6-3-5-12(17)15(13)19/h3,5-6,11H,4,7-10H2,1-2H3. The monoisotopic (exact) mass is 314 g/mol. The molecule has 0 unspecified atom stereocenters. The average molecular weight is 315 g/mol. The van der Waals surface area contributed by atoms with E-state index >= 15 is 0 Å². The number of rotatable bonds is 7. The number of imidazole rings is 1. The third-order valence-corrected chi connectivity index (χ3v) is 3.58. The number of hydrogen-bond acceptors (Lipinski definition) is 2. The molecule has 0 radical (unpaired) electrons. The van der Waals surface area contributed by atoms with Gasteiger partial charge in [0.25, 0.3) is 0 Å². The second kappa shape index (κ2) is 7.30. The molecule has 0 aliphatic heterocycles. The molecule has 1 aromatic heterocycles. The minimum Gasteiger partial charge on any atom is -0.381 e. The first-order valence-electron chi connectivity index (χ1n) is 6.90. The normalized spacial score (nSPS) is 11.7. The number of alkyl halides is 1. The van der Waals surface area contributed by atoms with Crippen molar-refractivity contribution >= 4 is 34.2 Å². The molecule has 0 saturated carbocycles. The summed E-state index contributed by atoms with van der Waals surface area (Å²) in [4.78, 5) is 4.52. The van der Waals surface area contributed by atoms with E-state index in [-0.39, 0.29) is 0 Å². The van der Waals surface area contributed by atoms with Crippen molar-refractivity contribution in [3.8, 4) is 0 Å². The van der Waals surface area contributed by atoms with Crippen molar-refractivity contribution in [2.75, 3.05) is 13.2 Å². The van der Waals surface area contributed by atoms with Crippen LogP contribution in [0.1, 0.15) is 26.1 Å². The minimum absolute atomic E-state index is 0.387. The minimum atomic E-state index is 0.387. The summed E-state index contributed by atoms with van der Waals surface area (Å²) < 4.78 is 7.71. The maximum atomic E-state index is 6.28. The van der Waals surface area contributed by atoms with Crippen LogP contribution in [0.5, 0.6) is 0 Å². The maximum absolute atomic E-state index is 6.28. The number of benzene rings is 1. The fourth-order valence-corrected chi connectivity index (χ4v) is 2.65. The van der Waals surface area contributed by atoms with Crippen molar-refractivity contribution < 1.29 is 4.74 Å². The number of para-hydroxylation sites is 1. The van der Waals surface area contributed by atoms with Gasteiger partial charge in [0.15, 0.2) is 0 Å². The molecule has 5 heteroatoms. The number of fused-ring (bicyclic) bond motifs is 1. The molecule has 0 amide bonds. The van der Waals surface area contributed by atoms with Crippen molar-refractivity contribution in [3.63, 3.8) is 0 Å². The average Bonchev–Trinajstić information content (AvgIpc) is 2.77. The molecule has 2 rings (SSSR count). The Bertz CT molecular complexity index is 566. The Hall–Kier alpha value is -0.770. The zero-order chi connectivity index (χ0) is 14.5. The van der Waals surface area contributed by atoms with Crippen LogP contribution >= 0.6 is 23.2 Å². The Labute approximate surface area is 129 Å². The molecule has 1 heterocycles. The van der Waals surface area contributed by atoms with E-state index in [9.17, 15) is 0 Å². The van der Waals surface area contributed by atoms with Crippen LogP contribution in [0, 0.1) is 5.92 Å². The third-order valence-electron chi connectivity index (χ3n) is 3.04. The van der Waals surface area contributed by atoms with Gasteiger partial charge in [-0.1, -0.05) is 31.5 Å². The number of aromatic nitrogens is 2. The Balaban J connectivity index is 2.08. The molecule has 2 aromatic rings. The number of ether oxygens (including phenoxy) is 1. The van der Waals surface area contributed by atoms with E-state index < -0.39 is 0 Å². The van der Waals surface area contributed by atoms with Crippen LogP contribution in [0.4, 0.5) is 0 Å². The molecule has 0 aliphatic rings. The highest BCUT2D eigenvalue weighted by Gasteiger charge is 2.12. The Morgan fingerprint density at radius 2 is 2.15 bits per heavy atom.